The molecule has 7 heteroatoms. The number of aryl methyl sites for hydroxylation is 1. The van der Waals surface area contributed by atoms with Gasteiger partial charge in [-0.05, 0) is 38.5 Å². The van der Waals surface area contributed by atoms with Crippen LogP contribution in [0.1, 0.15) is 55.5 Å². The van der Waals surface area contributed by atoms with Gasteiger partial charge in [-0.25, -0.2) is 0 Å². The van der Waals surface area contributed by atoms with Gasteiger partial charge in [0.2, 0.25) is 11.8 Å². The fourth-order valence-corrected chi connectivity index (χ4v) is 5.05. The third kappa shape index (κ3) is 3.63. The number of nitrogens with zero attached hydrogens (tertiary/aromatic N) is 2. The number of carbonyl (C=O) groups excluding carboxylic acids is 3. The summed E-state index contributed by atoms with van der Waals surface area (Å²) in [5.41, 5.74) is 0.851. The van der Waals surface area contributed by atoms with Gasteiger partial charge >= 0.3 is 0 Å². The van der Waals surface area contributed by atoms with Crippen LogP contribution in [-0.2, 0) is 9.59 Å². The fraction of sp³-hybridized carbons (Fsp3) is 0.591. The number of likely N-dealkylation sites (tertiary alicyclic amines) is 2. The van der Waals surface area contributed by atoms with Crippen molar-refractivity contribution >= 4 is 29.2 Å². The number of ketones is 1. The molecule has 3 aliphatic rings. The van der Waals surface area contributed by atoms with Crippen molar-refractivity contribution in [3.05, 3.63) is 28.3 Å². The number of benzene rings is 1. The molecule has 0 saturated carbocycles. The van der Waals surface area contributed by atoms with E-state index in [9.17, 15) is 14.4 Å². The topological polar surface area (TPSA) is 66.9 Å². The number of rotatable bonds is 2. The second-order valence-electron chi connectivity index (χ2n) is 8.85. The zero-order chi connectivity index (χ0) is 20.9. The SMILES string of the molecule is Cc1cc(Cl)cc2c1OC1(CCN(C(=O)C3CC(=O)N(C(C)C)C3)CC1)CC2=O. The van der Waals surface area contributed by atoms with Crippen molar-refractivity contribution in [1.82, 2.24) is 9.80 Å². The lowest BCUT2D eigenvalue weighted by Gasteiger charge is -2.44. The van der Waals surface area contributed by atoms with E-state index in [1.54, 1.807) is 11.0 Å². The summed E-state index contributed by atoms with van der Waals surface area (Å²) < 4.78 is 6.36. The Morgan fingerprint density at radius 2 is 1.93 bits per heavy atom. The maximum atomic E-state index is 13.0. The largest absolute Gasteiger partial charge is 0.486 e. The summed E-state index contributed by atoms with van der Waals surface area (Å²) in [6.45, 7) is 7.42. The molecule has 156 valence electrons. The van der Waals surface area contributed by atoms with Crippen molar-refractivity contribution in [3.63, 3.8) is 0 Å². The first-order valence-electron chi connectivity index (χ1n) is 10.3. The minimum absolute atomic E-state index is 0.0434. The summed E-state index contributed by atoms with van der Waals surface area (Å²) >= 11 is 6.10. The van der Waals surface area contributed by atoms with E-state index in [1.165, 1.54) is 0 Å². The van der Waals surface area contributed by atoms with E-state index in [-0.39, 0.29) is 29.6 Å². The van der Waals surface area contributed by atoms with Crippen LogP contribution in [-0.4, -0.2) is 58.7 Å². The number of Topliss-reactive ketones (excluding diaryl/α,β-unsaturated/α-hetero) is 1. The third-order valence-corrected chi connectivity index (χ3v) is 6.68. The molecule has 2 saturated heterocycles. The van der Waals surface area contributed by atoms with E-state index >= 15 is 0 Å². The average Bonchev–Trinajstić information content (AvgIpc) is 3.05. The summed E-state index contributed by atoms with van der Waals surface area (Å²) in [6.07, 6.45) is 1.83. The quantitative estimate of drug-likeness (QED) is 0.739. The van der Waals surface area contributed by atoms with Crippen molar-refractivity contribution in [2.75, 3.05) is 19.6 Å². The van der Waals surface area contributed by atoms with E-state index in [0.717, 1.165) is 5.56 Å². The number of hydrogen-bond donors (Lipinski definition) is 0. The van der Waals surface area contributed by atoms with Crippen LogP contribution in [0.15, 0.2) is 12.1 Å². The first-order chi connectivity index (χ1) is 13.7. The number of halogens is 1. The van der Waals surface area contributed by atoms with Crippen molar-refractivity contribution in [2.45, 2.75) is 58.1 Å². The van der Waals surface area contributed by atoms with Crippen LogP contribution in [0, 0.1) is 12.8 Å². The van der Waals surface area contributed by atoms with Gasteiger partial charge in [0.25, 0.3) is 0 Å². The molecule has 2 fully saturated rings. The minimum Gasteiger partial charge on any atom is -0.486 e. The van der Waals surface area contributed by atoms with Gasteiger partial charge in [-0.3, -0.25) is 14.4 Å². The molecule has 3 aliphatic heterocycles. The molecule has 0 aromatic heterocycles. The average molecular weight is 419 g/mol. The van der Waals surface area contributed by atoms with Crippen molar-refractivity contribution in [3.8, 4) is 5.75 Å². The molecular formula is C22H27ClN2O4. The predicted octanol–water partition coefficient (Wildman–Crippen LogP) is 3.23. The molecule has 1 aromatic carbocycles. The van der Waals surface area contributed by atoms with Crippen LogP contribution in [0.2, 0.25) is 5.02 Å². The van der Waals surface area contributed by atoms with E-state index in [4.69, 9.17) is 16.3 Å². The second kappa shape index (κ2) is 7.31. The third-order valence-electron chi connectivity index (χ3n) is 6.46. The normalized spacial score (nSPS) is 23.6. The van der Waals surface area contributed by atoms with Crippen LogP contribution in [0.4, 0.5) is 0 Å². The van der Waals surface area contributed by atoms with Crippen molar-refractivity contribution in [1.29, 1.82) is 0 Å². The van der Waals surface area contributed by atoms with Crippen LogP contribution in [0.3, 0.4) is 0 Å². The van der Waals surface area contributed by atoms with Gasteiger partial charge in [-0.2, -0.15) is 0 Å². The Kier molecular flexibility index (Phi) is 5.09. The molecule has 1 spiro atoms. The Morgan fingerprint density at radius 1 is 1.24 bits per heavy atom. The Morgan fingerprint density at radius 3 is 2.55 bits per heavy atom. The molecule has 0 aliphatic carbocycles. The second-order valence-corrected chi connectivity index (χ2v) is 9.29. The monoisotopic (exact) mass is 418 g/mol. The molecule has 29 heavy (non-hydrogen) atoms. The maximum Gasteiger partial charge on any atom is 0.227 e. The molecule has 1 atom stereocenters. The molecule has 1 aromatic rings. The number of piperidine rings is 1. The lowest BCUT2D eigenvalue weighted by atomic mass is 9.81. The summed E-state index contributed by atoms with van der Waals surface area (Å²) in [4.78, 5) is 41.5. The highest BCUT2D eigenvalue weighted by Crippen LogP contribution is 2.42. The maximum absolute atomic E-state index is 13.0. The zero-order valence-electron chi connectivity index (χ0n) is 17.2. The first kappa shape index (κ1) is 20.2. The fourth-order valence-electron chi connectivity index (χ4n) is 4.78. The zero-order valence-corrected chi connectivity index (χ0v) is 17.9. The number of fused-ring (bicyclic) bond motifs is 1. The van der Waals surface area contributed by atoms with E-state index in [0.29, 0.717) is 61.7 Å². The van der Waals surface area contributed by atoms with Crippen molar-refractivity contribution < 1.29 is 19.1 Å². The highest BCUT2D eigenvalue weighted by molar-refractivity contribution is 6.31. The van der Waals surface area contributed by atoms with Crippen LogP contribution >= 0.6 is 11.6 Å². The Hall–Kier alpha value is -2.08. The van der Waals surface area contributed by atoms with E-state index in [2.05, 4.69) is 0 Å². The Balaban J connectivity index is 1.44. The number of carbonyl (C=O) groups is 3. The molecule has 0 N–H and O–H groups in total. The molecule has 2 amide bonds. The van der Waals surface area contributed by atoms with Gasteiger partial charge in [0, 0.05) is 50.0 Å². The lowest BCUT2D eigenvalue weighted by Crippen LogP contribution is -2.53. The number of hydrogen-bond acceptors (Lipinski definition) is 4. The van der Waals surface area contributed by atoms with Gasteiger partial charge in [-0.15, -0.1) is 0 Å². The molecule has 0 radical (unpaired) electrons. The van der Waals surface area contributed by atoms with E-state index in [1.807, 2.05) is 31.7 Å². The summed E-state index contributed by atoms with van der Waals surface area (Å²) in [5, 5.41) is 0.538. The van der Waals surface area contributed by atoms with Gasteiger partial charge in [-0.1, -0.05) is 11.6 Å². The van der Waals surface area contributed by atoms with Gasteiger partial charge in [0.1, 0.15) is 11.4 Å². The highest BCUT2D eigenvalue weighted by atomic mass is 35.5. The smallest absolute Gasteiger partial charge is 0.227 e. The lowest BCUT2D eigenvalue weighted by molar-refractivity contribution is -0.139. The standard InChI is InChI=1S/C22H27ClN2O4/c1-13(2)25-12-15(9-19(25)27)21(28)24-6-4-22(5-7-24)11-18(26)17-10-16(23)8-14(3)20(17)29-22/h8,10,13,15H,4-7,9,11-12H2,1-3H3. The Labute approximate surface area is 176 Å². The molecule has 0 bridgehead atoms. The van der Waals surface area contributed by atoms with Crippen molar-refractivity contribution in [2.24, 2.45) is 5.92 Å². The molecular weight excluding hydrogens is 392 g/mol. The first-order valence-corrected chi connectivity index (χ1v) is 10.7. The van der Waals surface area contributed by atoms with E-state index < -0.39 is 5.60 Å². The number of ether oxygens (including phenoxy) is 1. The predicted molar refractivity (Wildman–Crippen MR) is 109 cm³/mol. The molecule has 3 heterocycles. The van der Waals surface area contributed by atoms with Crippen LogP contribution in [0.25, 0.3) is 0 Å². The summed E-state index contributed by atoms with van der Waals surface area (Å²) in [7, 11) is 0. The van der Waals surface area contributed by atoms with Gasteiger partial charge in [0.15, 0.2) is 5.78 Å². The number of amides is 2. The van der Waals surface area contributed by atoms with Gasteiger partial charge < -0.3 is 14.5 Å². The molecule has 4 rings (SSSR count). The minimum atomic E-state index is -0.561. The summed E-state index contributed by atoms with van der Waals surface area (Å²) in [5.74, 6) is 0.503. The van der Waals surface area contributed by atoms with Crippen LogP contribution < -0.4 is 4.74 Å². The van der Waals surface area contributed by atoms with Gasteiger partial charge in [0.05, 0.1) is 17.9 Å². The van der Waals surface area contributed by atoms with Crippen LogP contribution in [0.5, 0.6) is 5.75 Å². The molecule has 6 nitrogen and oxygen atoms in total. The highest BCUT2D eigenvalue weighted by Gasteiger charge is 2.46. The Bertz CT molecular complexity index is 874. The molecule has 1 unspecified atom stereocenters. The summed E-state index contributed by atoms with van der Waals surface area (Å²) in [6, 6.07) is 3.60.